The maximum Gasteiger partial charge on any atom is 0.472 e. The van der Waals surface area contributed by atoms with Gasteiger partial charge in [0.1, 0.15) is 42.7 Å². The molecule has 6 N–H and O–H groups in total. The molecule has 0 aliphatic heterocycles. The van der Waals surface area contributed by atoms with Gasteiger partial charge in [0, 0.05) is 13.0 Å². The van der Waals surface area contributed by atoms with Crippen molar-refractivity contribution in [2.24, 2.45) is 0 Å². The van der Waals surface area contributed by atoms with E-state index in [1.165, 1.54) is 19.3 Å². The maximum atomic E-state index is 12.8. The minimum Gasteiger partial charge on any atom is -0.457 e. The van der Waals surface area contributed by atoms with E-state index >= 15 is 0 Å². The van der Waals surface area contributed by atoms with Crippen molar-refractivity contribution in [3.05, 3.63) is 85.1 Å². The molecular formula is C47H79O12P. The zero-order valence-corrected chi connectivity index (χ0v) is 37.4. The summed E-state index contributed by atoms with van der Waals surface area (Å²) in [6, 6.07) is 0. The van der Waals surface area contributed by atoms with Crippen molar-refractivity contribution in [2.45, 2.75) is 185 Å². The number of aliphatic hydroxyl groups is 5. The van der Waals surface area contributed by atoms with Crippen LogP contribution in [0.4, 0.5) is 0 Å². The highest BCUT2D eigenvalue weighted by Gasteiger charge is 2.51. The second kappa shape index (κ2) is 37.1. The Bertz CT molecular complexity index is 1310. The maximum absolute atomic E-state index is 12.8. The van der Waals surface area contributed by atoms with Crippen molar-refractivity contribution in [3.63, 3.8) is 0 Å². The fourth-order valence-electron chi connectivity index (χ4n) is 6.17. The number of hydrogen-bond donors (Lipinski definition) is 6. The number of aliphatic hydroxyl groups excluding tert-OH is 5. The third-order valence-electron chi connectivity index (χ3n) is 9.75. The van der Waals surface area contributed by atoms with Crippen LogP contribution in [0.5, 0.6) is 0 Å². The molecule has 0 bridgehead atoms. The van der Waals surface area contributed by atoms with E-state index in [4.69, 9.17) is 18.5 Å². The van der Waals surface area contributed by atoms with E-state index < -0.39 is 63.1 Å². The zero-order valence-electron chi connectivity index (χ0n) is 36.5. The molecule has 1 saturated carbocycles. The topological polar surface area (TPSA) is 192 Å². The lowest BCUT2D eigenvalue weighted by atomic mass is 9.85. The number of carbonyl (C=O) groups excluding carboxylic acids is 1. The predicted molar refractivity (Wildman–Crippen MR) is 239 cm³/mol. The first-order valence-corrected chi connectivity index (χ1v) is 23.9. The van der Waals surface area contributed by atoms with Crippen molar-refractivity contribution in [1.29, 1.82) is 0 Å². The summed E-state index contributed by atoms with van der Waals surface area (Å²) < 4.78 is 34.1. The molecule has 1 aliphatic carbocycles. The van der Waals surface area contributed by atoms with Crippen LogP contribution in [0.2, 0.25) is 0 Å². The van der Waals surface area contributed by atoms with Crippen molar-refractivity contribution in [1.82, 2.24) is 0 Å². The first kappa shape index (κ1) is 55.5. The van der Waals surface area contributed by atoms with Crippen LogP contribution >= 0.6 is 7.82 Å². The molecule has 0 saturated heterocycles. The molecule has 1 aliphatic rings. The molecule has 6 atom stereocenters. The van der Waals surface area contributed by atoms with E-state index in [9.17, 15) is 39.8 Å². The van der Waals surface area contributed by atoms with Gasteiger partial charge in [-0.1, -0.05) is 131 Å². The summed E-state index contributed by atoms with van der Waals surface area (Å²) in [7, 11) is -5.04. The second-order valence-electron chi connectivity index (χ2n) is 15.2. The van der Waals surface area contributed by atoms with Gasteiger partial charge >= 0.3 is 13.8 Å². The van der Waals surface area contributed by atoms with Gasteiger partial charge in [-0.25, -0.2) is 4.57 Å². The van der Waals surface area contributed by atoms with E-state index in [2.05, 4.69) is 98.9 Å². The molecule has 0 amide bonds. The Balaban J connectivity index is 2.47. The Morgan fingerprint density at radius 2 is 0.983 bits per heavy atom. The van der Waals surface area contributed by atoms with Crippen LogP contribution in [0.15, 0.2) is 85.1 Å². The second-order valence-corrected chi connectivity index (χ2v) is 16.6. The van der Waals surface area contributed by atoms with Crippen LogP contribution < -0.4 is 0 Å². The summed E-state index contributed by atoms with van der Waals surface area (Å²) in [4.78, 5) is 23.1. The van der Waals surface area contributed by atoms with E-state index in [1.807, 2.05) is 0 Å². The number of carbonyl (C=O) groups is 1. The molecule has 0 radical (unpaired) electrons. The average molecular weight is 867 g/mol. The van der Waals surface area contributed by atoms with Gasteiger partial charge in [-0.05, 0) is 89.9 Å². The van der Waals surface area contributed by atoms with Crippen LogP contribution in [-0.2, 0) is 27.9 Å². The molecule has 0 heterocycles. The standard InChI is InChI=1S/C47H79O12P/c1-3-5-7-9-11-13-15-17-19-20-21-23-25-27-29-31-33-35-37-56-38-40(39-57-60(54,55)59-47-45(52)43(50)42(49)44(51)46(47)53)58-41(48)36-34-32-30-28-26-24-22-18-16-14-12-10-8-6-4-2/h5,7,11-14,17-19,21-23,27,29,40,42-47,49-53H,3-4,6,8-10,15-16,20,24-26,28,30-39H2,1-2H3,(H,54,55)/b7-5-,13-11-,14-12-,19-17-,22-18-,23-21-,29-27-. The predicted octanol–water partition coefficient (Wildman–Crippen LogP) is 8.97. The largest absolute Gasteiger partial charge is 0.472 e. The summed E-state index contributed by atoms with van der Waals surface area (Å²) in [5, 5.41) is 50.1. The highest BCUT2D eigenvalue weighted by molar-refractivity contribution is 7.47. The Labute approximate surface area is 361 Å². The van der Waals surface area contributed by atoms with Crippen molar-refractivity contribution in [2.75, 3.05) is 19.8 Å². The van der Waals surface area contributed by atoms with Crippen LogP contribution in [0.1, 0.15) is 142 Å². The van der Waals surface area contributed by atoms with Gasteiger partial charge in [-0.15, -0.1) is 0 Å². The molecule has 0 spiro atoms. The lowest BCUT2D eigenvalue weighted by Gasteiger charge is -2.41. The van der Waals surface area contributed by atoms with Crippen LogP contribution in [0.25, 0.3) is 0 Å². The summed E-state index contributed by atoms with van der Waals surface area (Å²) >= 11 is 0. The Morgan fingerprint density at radius 1 is 0.550 bits per heavy atom. The van der Waals surface area contributed by atoms with Gasteiger partial charge < -0.3 is 39.9 Å². The van der Waals surface area contributed by atoms with E-state index in [0.29, 0.717) is 13.0 Å². The monoisotopic (exact) mass is 867 g/mol. The highest BCUT2D eigenvalue weighted by Crippen LogP contribution is 2.47. The Hall–Kier alpha value is -2.48. The lowest BCUT2D eigenvalue weighted by Crippen LogP contribution is -2.64. The SMILES string of the molecule is CC/C=C\C/C=C\C/C=C\C/C=C\C/C=C\CCCCOCC(COP(=O)(O)OC1C(O)C(O)C(O)C(O)C1O)OC(=O)CCCCCCC/C=C\C/C=C\CCCCC. The number of phosphoric ester groups is 1. The van der Waals surface area contributed by atoms with Crippen molar-refractivity contribution >= 4 is 13.8 Å². The molecule has 12 nitrogen and oxygen atoms in total. The number of hydrogen-bond acceptors (Lipinski definition) is 11. The van der Waals surface area contributed by atoms with Crippen LogP contribution in [0, 0.1) is 0 Å². The molecule has 60 heavy (non-hydrogen) atoms. The van der Waals surface area contributed by atoms with Gasteiger partial charge in [0.2, 0.25) is 0 Å². The fraction of sp³-hybridized carbons (Fsp3) is 0.681. The molecule has 344 valence electrons. The molecule has 0 aromatic rings. The van der Waals surface area contributed by atoms with E-state index in [0.717, 1.165) is 96.3 Å². The van der Waals surface area contributed by atoms with E-state index in [1.54, 1.807) is 0 Å². The molecule has 1 rings (SSSR count). The fourth-order valence-corrected chi connectivity index (χ4v) is 7.15. The van der Waals surface area contributed by atoms with Gasteiger partial charge in [-0.3, -0.25) is 13.8 Å². The number of phosphoric acid groups is 1. The van der Waals surface area contributed by atoms with E-state index in [-0.39, 0.29) is 13.0 Å². The smallest absolute Gasteiger partial charge is 0.457 e. The molecular weight excluding hydrogens is 787 g/mol. The van der Waals surface area contributed by atoms with Crippen molar-refractivity contribution in [3.8, 4) is 0 Å². The third-order valence-corrected chi connectivity index (χ3v) is 10.7. The molecule has 0 aromatic heterocycles. The molecule has 1 fully saturated rings. The molecule has 13 heteroatoms. The number of esters is 1. The summed E-state index contributed by atoms with van der Waals surface area (Å²) in [6.45, 7) is 3.98. The lowest BCUT2D eigenvalue weighted by molar-refractivity contribution is -0.220. The average Bonchev–Trinajstić information content (AvgIpc) is 3.23. The Morgan fingerprint density at radius 3 is 1.50 bits per heavy atom. The first-order chi connectivity index (χ1) is 29.0. The highest BCUT2D eigenvalue weighted by atomic mass is 31.2. The number of ether oxygens (including phenoxy) is 2. The quantitative estimate of drug-likeness (QED) is 0.0152. The Kier molecular flexibility index (Phi) is 34.3. The first-order valence-electron chi connectivity index (χ1n) is 22.4. The zero-order chi connectivity index (χ0) is 44.1. The summed E-state index contributed by atoms with van der Waals surface area (Å²) in [5.41, 5.74) is 0. The van der Waals surface area contributed by atoms with Crippen LogP contribution in [0.3, 0.4) is 0 Å². The van der Waals surface area contributed by atoms with Gasteiger partial charge in [0.25, 0.3) is 0 Å². The number of allylic oxidation sites excluding steroid dienone is 14. The van der Waals surface area contributed by atoms with Crippen molar-refractivity contribution < 1.29 is 58.3 Å². The summed E-state index contributed by atoms with van der Waals surface area (Å²) in [5.74, 6) is -0.511. The minimum absolute atomic E-state index is 0.117. The van der Waals surface area contributed by atoms with Gasteiger partial charge in [0.05, 0.1) is 13.2 Å². The van der Waals surface area contributed by atoms with Gasteiger partial charge in [0.15, 0.2) is 0 Å². The summed E-state index contributed by atoms with van der Waals surface area (Å²) in [6.07, 6.45) is 36.5. The van der Waals surface area contributed by atoms with Gasteiger partial charge in [-0.2, -0.15) is 0 Å². The number of unbranched alkanes of at least 4 members (excludes halogenated alkanes) is 10. The normalized spacial score (nSPS) is 23.1. The number of rotatable bonds is 36. The molecule has 6 unspecified atom stereocenters. The minimum atomic E-state index is -5.04. The molecule has 0 aromatic carbocycles. The third kappa shape index (κ3) is 28.9. The van der Waals surface area contributed by atoms with Crippen LogP contribution in [-0.4, -0.2) is 98.9 Å².